The first kappa shape index (κ1) is 37.1. The molecule has 12 aromatic carbocycles. The smallest absolute Gasteiger partial charge is 0.0980 e. The maximum atomic E-state index is 5.60. The lowest BCUT2D eigenvalue weighted by molar-refractivity contribution is 1.16. The summed E-state index contributed by atoms with van der Waals surface area (Å²) in [5, 5.41) is 16.8. The first-order valence-electron chi connectivity index (χ1n) is 23.3. The minimum atomic E-state index is 0.853. The van der Waals surface area contributed by atoms with Gasteiger partial charge in [-0.1, -0.05) is 158 Å². The summed E-state index contributed by atoms with van der Waals surface area (Å²) in [4.78, 5) is 11.1. The van der Waals surface area contributed by atoms with Crippen molar-refractivity contribution in [2.45, 2.75) is 0 Å². The largest absolute Gasteiger partial charge is 0.309 e. The maximum absolute atomic E-state index is 5.60. The molecule has 0 fully saturated rings. The second-order valence-electron chi connectivity index (χ2n) is 18.1. The molecule has 4 nitrogen and oxygen atoms in total. The summed E-state index contributed by atoms with van der Waals surface area (Å²) < 4.78 is 4.94. The predicted octanol–water partition coefficient (Wildman–Crippen LogP) is 16.9. The second-order valence-corrected chi connectivity index (χ2v) is 18.1. The zero-order valence-electron chi connectivity index (χ0n) is 36.7. The number of hydrogen-bond acceptors (Lipinski definition) is 2. The van der Waals surface area contributed by atoms with Gasteiger partial charge in [-0.2, -0.15) is 0 Å². The van der Waals surface area contributed by atoms with Crippen LogP contribution in [0.4, 0.5) is 0 Å². The third-order valence-electron chi connectivity index (χ3n) is 14.4. The topological polar surface area (TPSA) is 35.6 Å². The van der Waals surface area contributed by atoms with E-state index in [1.807, 2.05) is 0 Å². The lowest BCUT2D eigenvalue weighted by Gasteiger charge is -2.18. The summed E-state index contributed by atoms with van der Waals surface area (Å²) in [6.07, 6.45) is 0. The monoisotopic (exact) mass is 862 g/mol. The Morgan fingerprint density at radius 2 is 0.676 bits per heavy atom. The van der Waals surface area contributed by atoms with Crippen molar-refractivity contribution in [2.24, 2.45) is 0 Å². The fraction of sp³-hybridized carbons (Fsp3) is 0. The van der Waals surface area contributed by atoms with Gasteiger partial charge in [0.05, 0.1) is 44.5 Å². The van der Waals surface area contributed by atoms with Crippen molar-refractivity contribution >= 4 is 109 Å². The molecule has 0 bridgehead atoms. The van der Waals surface area contributed by atoms with E-state index >= 15 is 0 Å². The van der Waals surface area contributed by atoms with Crippen molar-refractivity contribution in [1.29, 1.82) is 0 Å². The quantitative estimate of drug-likeness (QED) is 0.165. The Hall–Kier alpha value is -9.12. The van der Waals surface area contributed by atoms with E-state index in [0.29, 0.717) is 0 Å². The molecule has 0 atom stereocenters. The highest BCUT2D eigenvalue weighted by molar-refractivity contribution is 6.18. The molecule has 0 aliphatic rings. The van der Waals surface area contributed by atoms with E-state index in [9.17, 15) is 0 Å². The normalized spacial score (nSPS) is 12.1. The van der Waals surface area contributed by atoms with Gasteiger partial charge >= 0.3 is 0 Å². The van der Waals surface area contributed by atoms with Crippen LogP contribution in [0.25, 0.3) is 142 Å². The van der Waals surface area contributed by atoms with Gasteiger partial charge in [0.1, 0.15) is 0 Å². The van der Waals surface area contributed by atoms with Gasteiger partial charge in [0.2, 0.25) is 0 Å². The minimum Gasteiger partial charge on any atom is -0.309 e. The molecule has 15 aromatic rings. The zero-order chi connectivity index (χ0) is 44.5. The van der Waals surface area contributed by atoms with Crippen LogP contribution in [0.15, 0.2) is 231 Å². The summed E-state index contributed by atoms with van der Waals surface area (Å²) in [6.45, 7) is 0. The van der Waals surface area contributed by atoms with E-state index < -0.39 is 0 Å². The summed E-state index contributed by atoms with van der Waals surface area (Å²) in [6, 6.07) is 84.1. The van der Waals surface area contributed by atoms with Crippen molar-refractivity contribution in [3.05, 3.63) is 231 Å². The molecule has 4 heteroatoms. The van der Waals surface area contributed by atoms with Gasteiger partial charge in [0.25, 0.3) is 0 Å². The van der Waals surface area contributed by atoms with Crippen LogP contribution in [0, 0.1) is 0 Å². The van der Waals surface area contributed by atoms with Crippen molar-refractivity contribution in [3.63, 3.8) is 0 Å². The Labute approximate surface area is 390 Å². The molecule has 0 amide bonds. The lowest BCUT2D eigenvalue weighted by atomic mass is 9.92. The van der Waals surface area contributed by atoms with Gasteiger partial charge in [0.15, 0.2) is 0 Å². The highest BCUT2D eigenvalue weighted by Gasteiger charge is 2.23. The number of nitrogens with zero attached hydrogens (tertiary/aromatic N) is 4. The molecule has 0 aliphatic heterocycles. The number of para-hydroxylation sites is 3. The van der Waals surface area contributed by atoms with Crippen molar-refractivity contribution in [1.82, 2.24) is 19.1 Å². The molecule has 0 radical (unpaired) electrons. The SMILES string of the molecule is c1ccc2cc3c(cc2c1)c1ccccc1n3-c1ccc2c3cc4ccccc4cc3n(-c3cc(-c4nc5ccccc5nc4-c4cc5ccccc5c5ccccc45)c4ccccc4c3)c2c1. The Kier molecular flexibility index (Phi) is 7.75. The number of fused-ring (bicyclic) bond motifs is 13. The van der Waals surface area contributed by atoms with Crippen molar-refractivity contribution in [2.75, 3.05) is 0 Å². The maximum Gasteiger partial charge on any atom is 0.0980 e. The first-order chi connectivity index (χ1) is 33.7. The predicted molar refractivity (Wildman–Crippen MR) is 287 cm³/mol. The van der Waals surface area contributed by atoms with E-state index in [4.69, 9.17) is 9.97 Å². The molecule has 15 rings (SSSR count). The molecular formula is C64H38N4. The second kappa shape index (κ2) is 14.2. The van der Waals surface area contributed by atoms with Crippen LogP contribution in [0.3, 0.4) is 0 Å². The molecular weight excluding hydrogens is 825 g/mol. The standard InChI is InChI=1S/C64H38N4/c1-3-17-41-35-60-53(32-39(41)15-1)51-25-11-14-28-59(51)67(60)45-29-30-52-54-33-40-16-2-4-18-42(40)36-61(54)68(62(52)38-45)46-31-43-19-5-8-22-48(43)56(37-46)64-63(65-57-26-12-13-27-58(57)66-64)55-34-44-20-6-7-21-47(44)49-23-9-10-24-50(49)55/h1-38H. The van der Waals surface area contributed by atoms with E-state index in [1.165, 1.54) is 70.3 Å². The highest BCUT2D eigenvalue weighted by Crippen LogP contribution is 2.44. The molecule has 0 aliphatic carbocycles. The van der Waals surface area contributed by atoms with E-state index in [1.54, 1.807) is 0 Å². The third-order valence-corrected chi connectivity index (χ3v) is 14.4. The molecule has 0 unspecified atom stereocenters. The first-order valence-corrected chi connectivity index (χ1v) is 23.3. The highest BCUT2D eigenvalue weighted by atomic mass is 15.0. The molecule has 0 spiro atoms. The molecule has 0 saturated heterocycles. The van der Waals surface area contributed by atoms with Crippen molar-refractivity contribution in [3.8, 4) is 33.9 Å². The van der Waals surface area contributed by atoms with E-state index in [-0.39, 0.29) is 0 Å². The van der Waals surface area contributed by atoms with Crippen LogP contribution >= 0.6 is 0 Å². The van der Waals surface area contributed by atoms with Gasteiger partial charge in [0, 0.05) is 44.0 Å². The molecule has 3 aromatic heterocycles. The van der Waals surface area contributed by atoms with Crippen LogP contribution in [0.2, 0.25) is 0 Å². The summed E-state index contributed by atoms with van der Waals surface area (Å²) in [7, 11) is 0. The minimum absolute atomic E-state index is 0.853. The van der Waals surface area contributed by atoms with Gasteiger partial charge in [-0.3, -0.25) is 0 Å². The van der Waals surface area contributed by atoms with Gasteiger partial charge < -0.3 is 9.13 Å². The number of aromatic nitrogens is 4. The van der Waals surface area contributed by atoms with Crippen LogP contribution in [-0.4, -0.2) is 19.1 Å². The summed E-state index contributed by atoms with van der Waals surface area (Å²) in [5.41, 5.74) is 12.4. The fourth-order valence-electron chi connectivity index (χ4n) is 11.3. The summed E-state index contributed by atoms with van der Waals surface area (Å²) >= 11 is 0. The number of rotatable bonds is 4. The lowest BCUT2D eigenvalue weighted by Crippen LogP contribution is -2.00. The average Bonchev–Trinajstić information content (AvgIpc) is 3.89. The zero-order valence-corrected chi connectivity index (χ0v) is 36.7. The van der Waals surface area contributed by atoms with Gasteiger partial charge in [-0.05, 0) is 127 Å². The molecule has 0 saturated carbocycles. The van der Waals surface area contributed by atoms with E-state index in [0.717, 1.165) is 72.1 Å². The van der Waals surface area contributed by atoms with Crippen LogP contribution in [-0.2, 0) is 0 Å². The van der Waals surface area contributed by atoms with Crippen LogP contribution in [0.1, 0.15) is 0 Å². The molecule has 314 valence electrons. The average molecular weight is 863 g/mol. The fourth-order valence-corrected chi connectivity index (χ4v) is 11.3. The molecule has 3 heterocycles. The van der Waals surface area contributed by atoms with Gasteiger partial charge in [-0.25, -0.2) is 9.97 Å². The van der Waals surface area contributed by atoms with Crippen LogP contribution < -0.4 is 0 Å². The Balaban J connectivity index is 1.05. The summed E-state index contributed by atoms with van der Waals surface area (Å²) in [5.74, 6) is 0. The van der Waals surface area contributed by atoms with Crippen LogP contribution in [0.5, 0.6) is 0 Å². The third kappa shape index (κ3) is 5.43. The molecule has 0 N–H and O–H groups in total. The Bertz CT molecular complexity index is 4630. The Morgan fingerprint density at radius 1 is 0.235 bits per heavy atom. The number of benzene rings is 12. The van der Waals surface area contributed by atoms with E-state index in [2.05, 4.69) is 240 Å². The number of hydrogen-bond donors (Lipinski definition) is 0. The van der Waals surface area contributed by atoms with Crippen molar-refractivity contribution < 1.29 is 0 Å². The van der Waals surface area contributed by atoms with Gasteiger partial charge in [-0.15, -0.1) is 0 Å². The molecule has 68 heavy (non-hydrogen) atoms. The Morgan fingerprint density at radius 3 is 1.32 bits per heavy atom.